The van der Waals surface area contributed by atoms with Crippen molar-refractivity contribution in [3.63, 3.8) is 0 Å². The number of nitrogens with one attached hydrogen (secondary N) is 1. The number of aromatic carboxylic acids is 1. The average molecular weight is 418 g/mol. The Bertz CT molecular complexity index is 1090. The summed E-state index contributed by atoms with van der Waals surface area (Å²) in [4.78, 5) is 19.9. The topological polar surface area (TPSA) is 120 Å². The van der Waals surface area contributed by atoms with E-state index in [0.29, 0.717) is 22.8 Å². The van der Waals surface area contributed by atoms with Gasteiger partial charge in [0, 0.05) is 24.7 Å². The van der Waals surface area contributed by atoms with E-state index in [1.54, 1.807) is 29.1 Å². The maximum atomic E-state index is 13.9. The molecular weight excluding hydrogens is 399 g/mol. The van der Waals surface area contributed by atoms with E-state index in [4.69, 9.17) is 5.11 Å². The molecule has 0 radical (unpaired) electrons. The van der Waals surface area contributed by atoms with Gasteiger partial charge in [-0.3, -0.25) is 4.40 Å². The fourth-order valence-corrected chi connectivity index (χ4v) is 4.75. The highest BCUT2D eigenvalue weighted by Crippen LogP contribution is 2.40. The van der Waals surface area contributed by atoms with E-state index in [2.05, 4.69) is 15.3 Å². The zero-order chi connectivity index (χ0) is 20.7. The number of carbonyl (C=O) groups is 1. The number of aliphatic hydroxyl groups excluding tert-OH is 2. The van der Waals surface area contributed by atoms with Gasteiger partial charge < -0.3 is 20.6 Å². The summed E-state index contributed by atoms with van der Waals surface area (Å²) in [5.41, 5.74) is 1.77. The van der Waals surface area contributed by atoms with Crippen molar-refractivity contribution >= 4 is 29.2 Å². The van der Waals surface area contributed by atoms with Crippen molar-refractivity contribution in [3.8, 4) is 0 Å². The van der Waals surface area contributed by atoms with Crippen molar-refractivity contribution in [3.05, 3.63) is 58.9 Å². The predicted octanol–water partition coefficient (Wildman–Crippen LogP) is 2.00. The molecule has 29 heavy (non-hydrogen) atoms. The zero-order valence-corrected chi connectivity index (χ0v) is 16.2. The van der Waals surface area contributed by atoms with Crippen LogP contribution in [0, 0.1) is 12.7 Å². The van der Waals surface area contributed by atoms with Gasteiger partial charge in [-0.05, 0) is 24.1 Å². The molecule has 0 aliphatic carbocycles. The molecule has 1 aromatic carbocycles. The zero-order valence-electron chi connectivity index (χ0n) is 15.4. The first-order valence-corrected chi connectivity index (χ1v) is 9.97. The van der Waals surface area contributed by atoms with E-state index >= 15 is 0 Å². The number of fused-ring (bicyclic) bond motifs is 1. The summed E-state index contributed by atoms with van der Waals surface area (Å²) in [6.45, 7) is 1.75. The number of carboxylic acids is 1. The summed E-state index contributed by atoms with van der Waals surface area (Å²) >= 11 is 1.46. The summed E-state index contributed by atoms with van der Waals surface area (Å²) in [7, 11) is 0. The maximum absolute atomic E-state index is 13.9. The van der Waals surface area contributed by atoms with E-state index in [9.17, 15) is 19.4 Å². The number of benzene rings is 1. The molecule has 4 N–H and O–H groups in total. The van der Waals surface area contributed by atoms with Crippen LogP contribution in [0.4, 0.5) is 10.2 Å². The SMILES string of the molecule is Cc1cc(CNc2nccn3c([C@@H]4SC[C@@H](O)[C@H]4O)cnc23)cc(C(=O)O)c1F. The Labute approximate surface area is 169 Å². The van der Waals surface area contributed by atoms with Crippen molar-refractivity contribution in [2.45, 2.75) is 30.9 Å². The van der Waals surface area contributed by atoms with Gasteiger partial charge in [0.1, 0.15) is 5.82 Å². The largest absolute Gasteiger partial charge is 0.478 e. The Morgan fingerprint density at radius 2 is 2.17 bits per heavy atom. The molecule has 1 fully saturated rings. The standard InChI is InChI=1S/C19H19FN4O4S/c1-9-4-10(5-11(14(9)20)19(27)28)6-22-17-18-23-7-12(24(18)3-2-21-17)16-15(26)13(25)8-29-16/h2-5,7,13,15-16,25-26H,6,8H2,1H3,(H,21,22)(H,27,28)/t13-,15-,16+/m1/s1. The van der Waals surface area contributed by atoms with Gasteiger partial charge in [0.15, 0.2) is 11.5 Å². The first-order chi connectivity index (χ1) is 13.9. The summed E-state index contributed by atoms with van der Waals surface area (Å²) < 4.78 is 15.7. The molecule has 1 saturated heterocycles. The van der Waals surface area contributed by atoms with E-state index in [-0.39, 0.29) is 22.9 Å². The Hall–Kier alpha value is -2.69. The number of aliphatic hydroxyl groups is 2. The molecule has 0 bridgehead atoms. The summed E-state index contributed by atoms with van der Waals surface area (Å²) in [5.74, 6) is -1.14. The van der Waals surface area contributed by atoms with Crippen LogP contribution in [-0.4, -0.2) is 53.6 Å². The highest BCUT2D eigenvalue weighted by Gasteiger charge is 2.37. The smallest absolute Gasteiger partial charge is 0.338 e. The number of hydrogen-bond donors (Lipinski definition) is 4. The van der Waals surface area contributed by atoms with E-state index in [1.807, 2.05) is 0 Å². The third kappa shape index (κ3) is 3.54. The molecule has 0 unspecified atom stereocenters. The lowest BCUT2D eigenvalue weighted by Crippen LogP contribution is -2.25. The van der Waals surface area contributed by atoms with Gasteiger partial charge in [-0.15, -0.1) is 11.8 Å². The highest BCUT2D eigenvalue weighted by molar-refractivity contribution is 7.99. The van der Waals surface area contributed by atoms with Gasteiger partial charge in [-0.1, -0.05) is 6.07 Å². The number of aryl methyl sites for hydroxylation is 1. The lowest BCUT2D eigenvalue weighted by Gasteiger charge is -2.15. The third-order valence-electron chi connectivity index (χ3n) is 4.90. The molecule has 152 valence electrons. The molecular formula is C19H19FN4O4S. The second kappa shape index (κ2) is 7.62. The highest BCUT2D eigenvalue weighted by atomic mass is 32.2. The molecule has 3 atom stereocenters. The minimum Gasteiger partial charge on any atom is -0.478 e. The number of nitrogens with zero attached hydrogens (tertiary/aromatic N) is 3. The predicted molar refractivity (Wildman–Crippen MR) is 106 cm³/mol. The minimum atomic E-state index is -1.32. The van der Waals surface area contributed by atoms with Gasteiger partial charge in [-0.2, -0.15) is 0 Å². The molecule has 3 aromatic rings. The van der Waals surface area contributed by atoms with Crippen molar-refractivity contribution in [2.75, 3.05) is 11.1 Å². The van der Waals surface area contributed by atoms with Crippen molar-refractivity contribution < 1.29 is 24.5 Å². The number of anilines is 1. The van der Waals surface area contributed by atoms with Gasteiger partial charge in [-0.25, -0.2) is 19.2 Å². The van der Waals surface area contributed by atoms with Crippen LogP contribution in [0.25, 0.3) is 5.65 Å². The molecule has 0 amide bonds. The number of thioether (sulfide) groups is 1. The molecule has 8 nitrogen and oxygen atoms in total. The van der Waals surface area contributed by atoms with Crippen LogP contribution in [0.15, 0.2) is 30.7 Å². The number of halogens is 1. The normalized spacial score (nSPS) is 21.6. The first kappa shape index (κ1) is 19.6. The third-order valence-corrected chi connectivity index (χ3v) is 6.32. The fraction of sp³-hybridized carbons (Fsp3) is 0.316. The molecule has 3 heterocycles. The lowest BCUT2D eigenvalue weighted by atomic mass is 10.1. The van der Waals surface area contributed by atoms with Gasteiger partial charge >= 0.3 is 5.97 Å². The van der Waals surface area contributed by atoms with Crippen LogP contribution in [0.1, 0.15) is 32.4 Å². The molecule has 0 saturated carbocycles. The van der Waals surface area contributed by atoms with Gasteiger partial charge in [0.05, 0.1) is 34.9 Å². The van der Waals surface area contributed by atoms with E-state index < -0.39 is 24.0 Å². The van der Waals surface area contributed by atoms with Crippen LogP contribution >= 0.6 is 11.8 Å². The van der Waals surface area contributed by atoms with Crippen LogP contribution in [0.3, 0.4) is 0 Å². The maximum Gasteiger partial charge on any atom is 0.338 e. The summed E-state index contributed by atoms with van der Waals surface area (Å²) in [6.07, 6.45) is 3.31. The molecule has 10 heteroatoms. The summed E-state index contributed by atoms with van der Waals surface area (Å²) in [6, 6.07) is 2.88. The van der Waals surface area contributed by atoms with Crippen LogP contribution in [-0.2, 0) is 6.54 Å². The Balaban J connectivity index is 1.61. The van der Waals surface area contributed by atoms with Crippen molar-refractivity contribution in [2.24, 2.45) is 0 Å². The Morgan fingerprint density at radius 3 is 2.86 bits per heavy atom. The molecule has 1 aliphatic rings. The van der Waals surface area contributed by atoms with Gasteiger partial charge in [0.25, 0.3) is 0 Å². The number of aromatic nitrogens is 3. The van der Waals surface area contributed by atoms with E-state index in [0.717, 1.165) is 5.69 Å². The number of hydrogen-bond acceptors (Lipinski definition) is 7. The Kier molecular flexibility index (Phi) is 5.15. The molecule has 0 spiro atoms. The van der Waals surface area contributed by atoms with Crippen molar-refractivity contribution in [1.29, 1.82) is 0 Å². The monoisotopic (exact) mass is 418 g/mol. The first-order valence-electron chi connectivity index (χ1n) is 8.92. The molecule has 4 rings (SSSR count). The van der Waals surface area contributed by atoms with Gasteiger partial charge in [0.2, 0.25) is 0 Å². The lowest BCUT2D eigenvalue weighted by molar-refractivity contribution is 0.0411. The fourth-order valence-electron chi connectivity index (χ4n) is 3.42. The molecule has 1 aliphatic heterocycles. The quantitative estimate of drug-likeness (QED) is 0.497. The van der Waals surface area contributed by atoms with Crippen LogP contribution in [0.5, 0.6) is 0 Å². The van der Waals surface area contributed by atoms with Crippen molar-refractivity contribution in [1.82, 2.24) is 14.4 Å². The van der Waals surface area contributed by atoms with Crippen LogP contribution in [0.2, 0.25) is 0 Å². The minimum absolute atomic E-state index is 0.232. The number of rotatable bonds is 5. The number of carboxylic acid groups (broad SMARTS) is 1. The number of imidazole rings is 1. The molecule has 2 aromatic heterocycles. The average Bonchev–Trinajstić information content (AvgIpc) is 3.26. The van der Waals surface area contributed by atoms with Crippen LogP contribution < -0.4 is 5.32 Å². The second-order valence-corrected chi connectivity index (χ2v) is 8.07. The van der Waals surface area contributed by atoms with E-state index in [1.165, 1.54) is 24.8 Å². The second-order valence-electron chi connectivity index (χ2n) is 6.90. The summed E-state index contributed by atoms with van der Waals surface area (Å²) in [5, 5.41) is 32.0. The Morgan fingerprint density at radius 1 is 1.38 bits per heavy atom.